The van der Waals surface area contributed by atoms with Crippen molar-refractivity contribution in [3.63, 3.8) is 0 Å². The molecular formula is C24H35ClO7S. The van der Waals surface area contributed by atoms with Gasteiger partial charge in [-0.25, -0.2) is 8.42 Å². The van der Waals surface area contributed by atoms with Gasteiger partial charge in [-0.1, -0.05) is 44.5 Å². The van der Waals surface area contributed by atoms with E-state index in [4.69, 9.17) is 16.3 Å². The Hall–Kier alpha value is -1.93. The summed E-state index contributed by atoms with van der Waals surface area (Å²) in [6, 6.07) is 7.54. The van der Waals surface area contributed by atoms with Crippen molar-refractivity contribution in [2.24, 2.45) is 5.41 Å². The van der Waals surface area contributed by atoms with Crippen LogP contribution in [-0.4, -0.2) is 57.7 Å². The standard InChI is InChI=1S/C24H35ClO7S/c1-23(2,17-33(29,30)16-22(28)32-5)12-7-13-24(3,20(26)15-25)19-9-6-8-18(14-19)10-11-21(27)31-4/h6,8-9,14H,7,10-13,15-17H2,1-5H3. The number of ketones is 1. The topological polar surface area (TPSA) is 104 Å². The third kappa shape index (κ3) is 9.45. The van der Waals surface area contributed by atoms with E-state index in [1.807, 2.05) is 45.0 Å². The van der Waals surface area contributed by atoms with Crippen molar-refractivity contribution in [3.8, 4) is 0 Å². The maximum Gasteiger partial charge on any atom is 0.320 e. The van der Waals surface area contributed by atoms with Gasteiger partial charge in [0.2, 0.25) is 0 Å². The van der Waals surface area contributed by atoms with Crippen molar-refractivity contribution in [1.29, 1.82) is 0 Å². The quantitative estimate of drug-likeness (QED) is 0.282. The van der Waals surface area contributed by atoms with Gasteiger partial charge in [0.1, 0.15) is 5.75 Å². The van der Waals surface area contributed by atoms with E-state index in [-0.39, 0.29) is 29.8 Å². The van der Waals surface area contributed by atoms with E-state index in [0.717, 1.165) is 18.2 Å². The summed E-state index contributed by atoms with van der Waals surface area (Å²) in [7, 11) is -1.11. The molecule has 0 bridgehead atoms. The molecule has 7 nitrogen and oxygen atoms in total. The highest BCUT2D eigenvalue weighted by molar-refractivity contribution is 7.92. The molecule has 0 N–H and O–H groups in total. The van der Waals surface area contributed by atoms with Gasteiger partial charge in [-0.2, -0.15) is 0 Å². The zero-order valence-electron chi connectivity index (χ0n) is 20.1. The molecule has 0 saturated heterocycles. The molecule has 1 unspecified atom stereocenters. The van der Waals surface area contributed by atoms with Gasteiger partial charge >= 0.3 is 11.9 Å². The number of rotatable bonds is 14. The van der Waals surface area contributed by atoms with Crippen LogP contribution >= 0.6 is 11.6 Å². The van der Waals surface area contributed by atoms with Crippen molar-refractivity contribution in [2.45, 2.75) is 58.3 Å². The summed E-state index contributed by atoms with van der Waals surface area (Å²) in [6.07, 6.45) is 2.36. The molecule has 9 heteroatoms. The number of hydrogen-bond acceptors (Lipinski definition) is 7. The number of carbonyl (C=O) groups is 3. The molecule has 0 aliphatic carbocycles. The van der Waals surface area contributed by atoms with Gasteiger partial charge in [0.25, 0.3) is 0 Å². The van der Waals surface area contributed by atoms with Gasteiger partial charge in [-0.05, 0) is 42.7 Å². The Bertz CT molecular complexity index is 940. The van der Waals surface area contributed by atoms with Crippen LogP contribution in [0.3, 0.4) is 0 Å². The van der Waals surface area contributed by atoms with Crippen molar-refractivity contribution < 1.29 is 32.3 Å². The molecule has 0 aliphatic rings. The van der Waals surface area contributed by atoms with E-state index in [2.05, 4.69) is 4.74 Å². The zero-order valence-corrected chi connectivity index (χ0v) is 21.7. The number of esters is 2. The van der Waals surface area contributed by atoms with Crippen LogP contribution in [0.4, 0.5) is 0 Å². The molecule has 0 spiro atoms. The summed E-state index contributed by atoms with van der Waals surface area (Å²) >= 11 is 5.93. The van der Waals surface area contributed by atoms with E-state index in [1.54, 1.807) is 0 Å². The number of Topliss-reactive ketones (excluding diaryl/α,β-unsaturated/α-hetero) is 1. The second-order valence-electron chi connectivity index (χ2n) is 9.29. The molecule has 1 rings (SSSR count). The number of sulfone groups is 1. The smallest absolute Gasteiger partial charge is 0.320 e. The van der Waals surface area contributed by atoms with Gasteiger partial charge in [0, 0.05) is 6.42 Å². The second-order valence-corrected chi connectivity index (χ2v) is 11.6. The van der Waals surface area contributed by atoms with Crippen molar-refractivity contribution in [2.75, 3.05) is 31.6 Å². The number of alkyl halides is 1. The number of methoxy groups -OCH3 is 2. The lowest BCUT2D eigenvalue weighted by atomic mass is 9.73. The lowest BCUT2D eigenvalue weighted by molar-refractivity contribution is -0.140. The summed E-state index contributed by atoms with van der Waals surface area (Å²) in [5, 5.41) is 0. The Morgan fingerprint density at radius 3 is 2.21 bits per heavy atom. The minimum atomic E-state index is -3.61. The highest BCUT2D eigenvalue weighted by atomic mass is 35.5. The highest BCUT2D eigenvalue weighted by Gasteiger charge is 2.35. The molecule has 0 fully saturated rings. The van der Waals surface area contributed by atoms with Crippen molar-refractivity contribution in [1.82, 2.24) is 0 Å². The molecule has 186 valence electrons. The molecule has 0 aliphatic heterocycles. The first kappa shape index (κ1) is 29.1. The monoisotopic (exact) mass is 502 g/mol. The lowest BCUT2D eigenvalue weighted by Gasteiger charge is -2.31. The number of aryl methyl sites for hydroxylation is 1. The molecule has 1 atom stereocenters. The van der Waals surface area contributed by atoms with Crippen LogP contribution in [0.5, 0.6) is 0 Å². The van der Waals surface area contributed by atoms with Crippen LogP contribution in [-0.2, 0) is 45.5 Å². The van der Waals surface area contributed by atoms with Gasteiger partial charge in [-0.15, -0.1) is 11.6 Å². The number of benzene rings is 1. The molecule has 0 amide bonds. The average Bonchev–Trinajstić information content (AvgIpc) is 2.75. The summed E-state index contributed by atoms with van der Waals surface area (Å²) in [6.45, 7) is 5.50. The van der Waals surface area contributed by atoms with Crippen molar-refractivity contribution in [3.05, 3.63) is 35.4 Å². The van der Waals surface area contributed by atoms with E-state index in [9.17, 15) is 22.8 Å². The minimum Gasteiger partial charge on any atom is -0.469 e. The SMILES string of the molecule is COC(=O)CCc1cccc(C(C)(CCCC(C)(C)CS(=O)(=O)CC(=O)OC)C(=O)CCl)c1. The van der Waals surface area contributed by atoms with E-state index < -0.39 is 32.4 Å². The van der Waals surface area contributed by atoms with E-state index in [1.165, 1.54) is 7.11 Å². The molecule has 1 aromatic carbocycles. The van der Waals surface area contributed by atoms with E-state index >= 15 is 0 Å². The Morgan fingerprint density at radius 2 is 1.64 bits per heavy atom. The summed E-state index contributed by atoms with van der Waals surface area (Å²) < 4.78 is 33.8. The number of halogens is 1. The second kappa shape index (κ2) is 12.5. The Morgan fingerprint density at radius 1 is 1.00 bits per heavy atom. The van der Waals surface area contributed by atoms with Crippen LogP contribution in [0.1, 0.15) is 57.6 Å². The first-order valence-electron chi connectivity index (χ1n) is 10.8. The summed E-state index contributed by atoms with van der Waals surface area (Å²) in [5.41, 5.74) is 0.303. The molecule has 0 heterocycles. The molecule has 1 aromatic rings. The normalized spacial score (nSPS) is 13.8. The van der Waals surface area contributed by atoms with Crippen LogP contribution in [0.2, 0.25) is 0 Å². The number of ether oxygens (including phenoxy) is 2. The van der Waals surface area contributed by atoms with Crippen LogP contribution in [0.25, 0.3) is 0 Å². The highest BCUT2D eigenvalue weighted by Crippen LogP contribution is 2.35. The fraction of sp³-hybridized carbons (Fsp3) is 0.625. The van der Waals surface area contributed by atoms with Gasteiger partial charge in [-0.3, -0.25) is 14.4 Å². The lowest BCUT2D eigenvalue weighted by Crippen LogP contribution is -2.35. The summed E-state index contributed by atoms with van der Waals surface area (Å²) in [5.74, 6) is -2.14. The largest absolute Gasteiger partial charge is 0.469 e. The van der Waals surface area contributed by atoms with Gasteiger partial charge in [0.05, 0.1) is 31.3 Å². The molecule has 0 aromatic heterocycles. The Labute approximate surface area is 202 Å². The molecule has 33 heavy (non-hydrogen) atoms. The third-order valence-electron chi connectivity index (χ3n) is 5.85. The summed E-state index contributed by atoms with van der Waals surface area (Å²) in [4.78, 5) is 35.7. The minimum absolute atomic E-state index is 0.120. The fourth-order valence-corrected chi connectivity index (χ4v) is 6.10. The van der Waals surface area contributed by atoms with Gasteiger partial charge < -0.3 is 9.47 Å². The van der Waals surface area contributed by atoms with E-state index in [0.29, 0.717) is 25.7 Å². The Balaban J connectivity index is 2.95. The predicted octanol–water partition coefficient (Wildman–Crippen LogP) is 3.64. The van der Waals surface area contributed by atoms with Crippen LogP contribution in [0.15, 0.2) is 24.3 Å². The molecular weight excluding hydrogens is 468 g/mol. The number of carbonyl (C=O) groups excluding carboxylic acids is 3. The first-order valence-corrected chi connectivity index (χ1v) is 13.2. The first-order chi connectivity index (χ1) is 15.3. The fourth-order valence-electron chi connectivity index (χ4n) is 3.89. The zero-order chi connectivity index (χ0) is 25.3. The Kier molecular flexibility index (Phi) is 11.0. The van der Waals surface area contributed by atoms with Crippen molar-refractivity contribution >= 4 is 39.2 Å². The average molecular weight is 503 g/mol. The van der Waals surface area contributed by atoms with Crippen LogP contribution < -0.4 is 0 Å². The maximum atomic E-state index is 12.8. The maximum absolute atomic E-state index is 12.8. The predicted molar refractivity (Wildman–Crippen MR) is 128 cm³/mol. The van der Waals surface area contributed by atoms with Crippen LogP contribution in [0, 0.1) is 5.41 Å². The van der Waals surface area contributed by atoms with Gasteiger partial charge in [0.15, 0.2) is 15.6 Å². The molecule has 0 radical (unpaired) electrons. The third-order valence-corrected chi connectivity index (χ3v) is 7.99. The number of hydrogen-bond donors (Lipinski definition) is 0. The molecule has 0 saturated carbocycles.